The Kier molecular flexibility index (Phi) is 4.17. The van der Waals surface area contributed by atoms with Crippen LogP contribution in [-0.4, -0.2) is 11.9 Å². The number of carbonyl (C=O) groups excluding carboxylic acids is 2. The first kappa shape index (κ1) is 12.7. The molecule has 0 saturated carbocycles. The molecule has 0 saturated heterocycles. The van der Waals surface area contributed by atoms with Crippen molar-refractivity contribution in [3.63, 3.8) is 0 Å². The van der Waals surface area contributed by atoms with E-state index in [-0.39, 0.29) is 5.78 Å². The zero-order valence-electron chi connectivity index (χ0n) is 10.1. The Hall–Kier alpha value is -2.77. The van der Waals surface area contributed by atoms with Gasteiger partial charge in [0.05, 0.1) is 5.69 Å². The number of aliphatic imine (C=N–C) groups is 1. The van der Waals surface area contributed by atoms with Crippen molar-refractivity contribution in [3.05, 3.63) is 71.8 Å². The van der Waals surface area contributed by atoms with E-state index in [1.165, 1.54) is 12.2 Å². The first-order valence-corrected chi connectivity index (χ1v) is 5.75. The van der Waals surface area contributed by atoms with E-state index >= 15 is 0 Å². The van der Waals surface area contributed by atoms with Crippen molar-refractivity contribution in [2.24, 2.45) is 4.99 Å². The minimum Gasteiger partial charge on any atom is -0.289 e. The van der Waals surface area contributed by atoms with Crippen LogP contribution in [0.5, 0.6) is 0 Å². The topological polar surface area (TPSA) is 46.5 Å². The van der Waals surface area contributed by atoms with E-state index in [1.807, 2.05) is 18.2 Å². The maximum absolute atomic E-state index is 11.8. The molecular weight excluding hydrogens is 238 g/mol. The Morgan fingerprint density at radius 1 is 1.00 bits per heavy atom. The maximum Gasteiger partial charge on any atom is 0.240 e. The largest absolute Gasteiger partial charge is 0.289 e. The number of rotatable bonds is 4. The number of nitrogens with zero attached hydrogens (tertiary/aromatic N) is 1. The standard InChI is InChI=1S/C16H11NO2/c18-12-17-15-9-6-13(7-10-15)8-11-16(19)14-4-2-1-3-5-14/h1-11H/b11-8-. The molecule has 0 radical (unpaired) electrons. The predicted molar refractivity (Wildman–Crippen MR) is 74.0 cm³/mol. The molecule has 0 fully saturated rings. The summed E-state index contributed by atoms with van der Waals surface area (Å²) >= 11 is 0. The van der Waals surface area contributed by atoms with Gasteiger partial charge in [0, 0.05) is 5.56 Å². The smallest absolute Gasteiger partial charge is 0.240 e. The predicted octanol–water partition coefficient (Wildman–Crippen LogP) is 3.55. The highest BCUT2D eigenvalue weighted by Gasteiger charge is 1.99. The molecule has 0 aliphatic heterocycles. The van der Waals surface area contributed by atoms with Crippen molar-refractivity contribution in [3.8, 4) is 0 Å². The van der Waals surface area contributed by atoms with Crippen molar-refractivity contribution >= 4 is 23.6 Å². The molecular formula is C16H11NO2. The molecule has 0 amide bonds. The number of carbonyl (C=O) groups is 1. The van der Waals surface area contributed by atoms with Crippen LogP contribution in [-0.2, 0) is 4.79 Å². The van der Waals surface area contributed by atoms with E-state index < -0.39 is 0 Å². The van der Waals surface area contributed by atoms with Crippen LogP contribution in [0, 0.1) is 0 Å². The van der Waals surface area contributed by atoms with Gasteiger partial charge in [-0.3, -0.25) is 4.79 Å². The summed E-state index contributed by atoms with van der Waals surface area (Å²) in [4.78, 5) is 25.4. The van der Waals surface area contributed by atoms with Gasteiger partial charge in [-0.15, -0.1) is 0 Å². The molecule has 2 aromatic carbocycles. The minimum absolute atomic E-state index is 0.0458. The molecule has 0 aliphatic rings. The van der Waals surface area contributed by atoms with E-state index in [9.17, 15) is 9.59 Å². The summed E-state index contributed by atoms with van der Waals surface area (Å²) in [5.74, 6) is -0.0458. The van der Waals surface area contributed by atoms with Crippen LogP contribution in [0.25, 0.3) is 6.08 Å². The van der Waals surface area contributed by atoms with E-state index in [1.54, 1.807) is 42.5 Å². The fourth-order valence-corrected chi connectivity index (χ4v) is 1.58. The van der Waals surface area contributed by atoms with Gasteiger partial charge in [-0.2, -0.15) is 4.99 Å². The molecule has 3 heteroatoms. The zero-order valence-corrected chi connectivity index (χ0v) is 10.1. The van der Waals surface area contributed by atoms with Crippen LogP contribution in [0.4, 0.5) is 5.69 Å². The number of hydrogen-bond donors (Lipinski definition) is 0. The van der Waals surface area contributed by atoms with Crippen molar-refractivity contribution in [1.82, 2.24) is 0 Å². The zero-order chi connectivity index (χ0) is 13.5. The van der Waals surface area contributed by atoms with E-state index in [2.05, 4.69) is 4.99 Å². The Balaban J connectivity index is 2.10. The van der Waals surface area contributed by atoms with Crippen molar-refractivity contribution in [2.45, 2.75) is 0 Å². The summed E-state index contributed by atoms with van der Waals surface area (Å²) in [5.41, 5.74) is 2.07. The van der Waals surface area contributed by atoms with Gasteiger partial charge >= 0.3 is 0 Å². The average molecular weight is 249 g/mol. The first-order valence-electron chi connectivity index (χ1n) is 5.75. The van der Waals surface area contributed by atoms with Gasteiger partial charge in [0.15, 0.2) is 5.78 Å². The van der Waals surface area contributed by atoms with Crippen LogP contribution in [0.3, 0.4) is 0 Å². The fraction of sp³-hybridized carbons (Fsp3) is 0. The SMILES string of the molecule is O=C=Nc1ccc(/C=C\C(=O)c2ccccc2)cc1. The van der Waals surface area contributed by atoms with E-state index in [4.69, 9.17) is 0 Å². The molecule has 0 bridgehead atoms. The summed E-state index contributed by atoms with van der Waals surface area (Å²) in [6.07, 6.45) is 4.73. The highest BCUT2D eigenvalue weighted by atomic mass is 16.1. The number of hydrogen-bond acceptors (Lipinski definition) is 3. The lowest BCUT2D eigenvalue weighted by Gasteiger charge is -1.95. The van der Waals surface area contributed by atoms with Crippen LogP contribution in [0.2, 0.25) is 0 Å². The third kappa shape index (κ3) is 3.60. The lowest BCUT2D eigenvalue weighted by atomic mass is 10.1. The van der Waals surface area contributed by atoms with E-state index in [0.29, 0.717) is 11.3 Å². The number of isocyanates is 1. The maximum atomic E-state index is 11.8. The summed E-state index contributed by atoms with van der Waals surface area (Å²) in [6.45, 7) is 0. The van der Waals surface area contributed by atoms with Gasteiger partial charge in [0.2, 0.25) is 6.08 Å². The summed E-state index contributed by atoms with van der Waals surface area (Å²) in [5, 5.41) is 0. The monoisotopic (exact) mass is 249 g/mol. The molecule has 0 atom stereocenters. The quantitative estimate of drug-likeness (QED) is 0.360. The molecule has 2 aromatic rings. The molecule has 0 spiro atoms. The normalized spacial score (nSPS) is 10.1. The highest BCUT2D eigenvalue weighted by molar-refractivity contribution is 6.06. The molecule has 0 heterocycles. The Bertz CT molecular complexity index is 636. The lowest BCUT2D eigenvalue weighted by molar-refractivity contribution is 0.104. The third-order valence-electron chi connectivity index (χ3n) is 2.55. The van der Waals surface area contributed by atoms with Gasteiger partial charge in [-0.25, -0.2) is 4.79 Å². The molecule has 0 aromatic heterocycles. The fourth-order valence-electron chi connectivity index (χ4n) is 1.58. The van der Waals surface area contributed by atoms with E-state index in [0.717, 1.165) is 5.56 Å². The van der Waals surface area contributed by atoms with Crippen molar-refractivity contribution in [2.75, 3.05) is 0 Å². The molecule has 2 rings (SSSR count). The van der Waals surface area contributed by atoms with Gasteiger partial charge < -0.3 is 0 Å². The number of allylic oxidation sites excluding steroid dienone is 1. The molecule has 19 heavy (non-hydrogen) atoms. The number of ketones is 1. The summed E-state index contributed by atoms with van der Waals surface area (Å²) < 4.78 is 0. The van der Waals surface area contributed by atoms with Gasteiger partial charge in [0.25, 0.3) is 0 Å². The van der Waals surface area contributed by atoms with Crippen LogP contribution < -0.4 is 0 Å². The Morgan fingerprint density at radius 3 is 2.32 bits per heavy atom. The lowest BCUT2D eigenvalue weighted by Crippen LogP contribution is -1.92. The highest BCUT2D eigenvalue weighted by Crippen LogP contribution is 2.13. The molecule has 0 N–H and O–H groups in total. The van der Waals surface area contributed by atoms with Crippen molar-refractivity contribution < 1.29 is 9.59 Å². The second-order valence-electron chi connectivity index (χ2n) is 3.86. The van der Waals surface area contributed by atoms with Gasteiger partial charge in [-0.05, 0) is 23.8 Å². The van der Waals surface area contributed by atoms with Crippen LogP contribution in [0.1, 0.15) is 15.9 Å². The summed E-state index contributed by atoms with van der Waals surface area (Å²) in [6, 6.07) is 16.0. The molecule has 0 aliphatic carbocycles. The third-order valence-corrected chi connectivity index (χ3v) is 2.55. The van der Waals surface area contributed by atoms with Crippen molar-refractivity contribution in [1.29, 1.82) is 0 Å². The average Bonchev–Trinajstić information content (AvgIpc) is 2.47. The second kappa shape index (κ2) is 6.24. The Morgan fingerprint density at radius 2 is 1.68 bits per heavy atom. The number of benzene rings is 2. The molecule has 0 unspecified atom stereocenters. The molecule has 3 nitrogen and oxygen atoms in total. The Labute approximate surface area is 110 Å². The van der Waals surface area contributed by atoms with Crippen LogP contribution in [0.15, 0.2) is 65.7 Å². The van der Waals surface area contributed by atoms with Gasteiger partial charge in [-0.1, -0.05) is 48.5 Å². The minimum atomic E-state index is -0.0458. The second-order valence-corrected chi connectivity index (χ2v) is 3.86. The molecule has 92 valence electrons. The van der Waals surface area contributed by atoms with Crippen LogP contribution >= 0.6 is 0 Å². The van der Waals surface area contributed by atoms with Gasteiger partial charge in [0.1, 0.15) is 0 Å². The summed E-state index contributed by atoms with van der Waals surface area (Å²) in [7, 11) is 0. The first-order chi connectivity index (χ1) is 9.29.